The Kier molecular flexibility index (Phi) is 4.49. The fourth-order valence-electron chi connectivity index (χ4n) is 2.96. The van der Waals surface area contributed by atoms with Crippen LogP contribution in [0.15, 0.2) is 35.9 Å². The molecule has 0 saturated carbocycles. The van der Waals surface area contributed by atoms with E-state index in [1.807, 2.05) is 24.3 Å². The topological polar surface area (TPSA) is 76.8 Å². The van der Waals surface area contributed by atoms with Gasteiger partial charge in [-0.3, -0.25) is 4.90 Å². The van der Waals surface area contributed by atoms with Crippen LogP contribution in [0, 0.1) is 11.3 Å². The molecule has 0 bridgehead atoms. The smallest absolute Gasteiger partial charge is 0.414 e. The summed E-state index contributed by atoms with van der Waals surface area (Å²) >= 11 is 0. The van der Waals surface area contributed by atoms with Crippen molar-refractivity contribution in [1.29, 1.82) is 5.26 Å². The van der Waals surface area contributed by atoms with Crippen molar-refractivity contribution in [1.82, 2.24) is 0 Å². The second-order valence-electron chi connectivity index (χ2n) is 5.73. The van der Waals surface area contributed by atoms with E-state index in [-0.39, 0.29) is 6.61 Å². The molecule has 2 fully saturated rings. The number of allylic oxidation sites excluding steroid dienone is 1. The highest BCUT2D eigenvalue weighted by molar-refractivity contribution is 5.90. The van der Waals surface area contributed by atoms with Crippen LogP contribution < -0.4 is 9.80 Å². The number of ether oxygens (including phenoxy) is 1. The molecule has 1 atom stereocenters. The van der Waals surface area contributed by atoms with Gasteiger partial charge in [-0.25, -0.2) is 4.79 Å². The van der Waals surface area contributed by atoms with Gasteiger partial charge in [0.15, 0.2) is 0 Å². The predicted octanol–water partition coefficient (Wildman–Crippen LogP) is 2.05. The van der Waals surface area contributed by atoms with Crippen molar-refractivity contribution in [3.63, 3.8) is 0 Å². The van der Waals surface area contributed by atoms with Gasteiger partial charge in [0.25, 0.3) is 0 Å². The number of amides is 1. The summed E-state index contributed by atoms with van der Waals surface area (Å²) in [6.45, 7) is 2.00. The van der Waals surface area contributed by atoms with Crippen LogP contribution in [-0.4, -0.2) is 43.5 Å². The molecular weight excluding hydrogens is 294 g/mol. The van der Waals surface area contributed by atoms with Crippen LogP contribution in [0.2, 0.25) is 0 Å². The number of nitriles is 1. The number of nitrogens with zero attached hydrogens (tertiary/aromatic N) is 3. The van der Waals surface area contributed by atoms with E-state index in [0.717, 1.165) is 37.3 Å². The molecular formula is C17H19N3O3. The number of piperidine rings is 1. The molecule has 1 aromatic carbocycles. The molecule has 1 unspecified atom stereocenters. The molecule has 0 spiro atoms. The van der Waals surface area contributed by atoms with Gasteiger partial charge in [0.2, 0.25) is 0 Å². The monoisotopic (exact) mass is 313 g/mol. The number of carbonyl (C=O) groups excluding carboxylic acids is 1. The highest BCUT2D eigenvalue weighted by Crippen LogP contribution is 2.27. The maximum absolute atomic E-state index is 11.8. The van der Waals surface area contributed by atoms with Crippen LogP contribution in [0.5, 0.6) is 0 Å². The Bertz CT molecular complexity index is 638. The van der Waals surface area contributed by atoms with Gasteiger partial charge in [-0.05, 0) is 37.1 Å². The molecule has 2 aliphatic heterocycles. The first-order valence-corrected chi connectivity index (χ1v) is 7.73. The molecule has 1 N–H and O–H groups in total. The Morgan fingerprint density at radius 1 is 1.26 bits per heavy atom. The number of aliphatic hydroxyl groups is 1. The van der Waals surface area contributed by atoms with Crippen LogP contribution in [-0.2, 0) is 4.74 Å². The number of hydrogen-bond acceptors (Lipinski definition) is 5. The standard InChI is InChI=1S/C17H19N3O3/c18-8-5-13-6-9-19(10-7-13)14-1-3-15(4-2-14)20-11-16(12-21)23-17(20)22/h1-5,16,21H,6-7,9-12H2. The number of carbonyl (C=O) groups is 1. The first-order valence-electron chi connectivity index (χ1n) is 7.73. The largest absolute Gasteiger partial charge is 0.441 e. The van der Waals surface area contributed by atoms with Gasteiger partial charge >= 0.3 is 6.09 Å². The van der Waals surface area contributed by atoms with Crippen LogP contribution >= 0.6 is 0 Å². The third kappa shape index (κ3) is 3.30. The normalized spacial score (nSPS) is 21.1. The summed E-state index contributed by atoms with van der Waals surface area (Å²) in [5.74, 6) is 0. The summed E-state index contributed by atoms with van der Waals surface area (Å²) in [5, 5.41) is 17.8. The maximum Gasteiger partial charge on any atom is 0.414 e. The number of aliphatic hydroxyl groups excluding tert-OH is 1. The lowest BCUT2D eigenvalue weighted by molar-refractivity contribution is 0.0963. The van der Waals surface area contributed by atoms with E-state index >= 15 is 0 Å². The average molecular weight is 313 g/mol. The second kappa shape index (κ2) is 6.71. The van der Waals surface area contributed by atoms with Gasteiger partial charge in [0.05, 0.1) is 19.2 Å². The lowest BCUT2D eigenvalue weighted by Gasteiger charge is -2.30. The molecule has 2 aliphatic rings. The summed E-state index contributed by atoms with van der Waals surface area (Å²) in [5.41, 5.74) is 3.09. The zero-order valence-corrected chi connectivity index (χ0v) is 12.8. The van der Waals surface area contributed by atoms with Crippen LogP contribution in [0.4, 0.5) is 16.2 Å². The van der Waals surface area contributed by atoms with E-state index < -0.39 is 12.2 Å². The summed E-state index contributed by atoms with van der Waals surface area (Å²) < 4.78 is 5.05. The Morgan fingerprint density at radius 2 is 1.91 bits per heavy atom. The molecule has 2 heterocycles. The van der Waals surface area contributed by atoms with Gasteiger partial charge in [0.1, 0.15) is 6.10 Å². The van der Waals surface area contributed by atoms with Crippen molar-refractivity contribution in [2.75, 3.05) is 36.0 Å². The highest BCUT2D eigenvalue weighted by Gasteiger charge is 2.31. The number of anilines is 2. The van der Waals surface area contributed by atoms with Crippen molar-refractivity contribution >= 4 is 17.5 Å². The fourth-order valence-corrected chi connectivity index (χ4v) is 2.96. The number of benzene rings is 1. The van der Waals surface area contributed by atoms with Gasteiger partial charge < -0.3 is 14.7 Å². The van der Waals surface area contributed by atoms with Gasteiger partial charge in [0, 0.05) is 30.5 Å². The summed E-state index contributed by atoms with van der Waals surface area (Å²) in [7, 11) is 0. The molecule has 23 heavy (non-hydrogen) atoms. The van der Waals surface area contributed by atoms with Gasteiger partial charge in [-0.15, -0.1) is 0 Å². The molecule has 120 valence electrons. The van der Waals surface area contributed by atoms with Crippen LogP contribution in [0.3, 0.4) is 0 Å². The molecule has 0 aromatic heterocycles. The predicted molar refractivity (Wildman–Crippen MR) is 86.3 cm³/mol. The molecule has 0 aliphatic carbocycles. The SMILES string of the molecule is N#CC=C1CCN(c2ccc(N3CC(CO)OC3=O)cc2)CC1. The lowest BCUT2D eigenvalue weighted by Crippen LogP contribution is -2.30. The second-order valence-corrected chi connectivity index (χ2v) is 5.73. The first-order chi connectivity index (χ1) is 11.2. The Morgan fingerprint density at radius 3 is 2.48 bits per heavy atom. The first kappa shape index (κ1) is 15.4. The number of hydrogen-bond donors (Lipinski definition) is 1. The zero-order valence-electron chi connectivity index (χ0n) is 12.8. The molecule has 1 amide bonds. The van der Waals surface area contributed by atoms with E-state index in [0.29, 0.717) is 6.54 Å². The Labute approximate surface area is 135 Å². The third-order valence-corrected chi connectivity index (χ3v) is 4.28. The van der Waals surface area contributed by atoms with E-state index in [9.17, 15) is 4.79 Å². The molecule has 2 saturated heterocycles. The summed E-state index contributed by atoms with van der Waals surface area (Å²) in [6, 6.07) is 9.88. The minimum absolute atomic E-state index is 0.160. The van der Waals surface area contributed by atoms with Gasteiger partial charge in [-0.1, -0.05) is 5.57 Å². The zero-order chi connectivity index (χ0) is 16.2. The minimum Gasteiger partial charge on any atom is -0.441 e. The number of cyclic esters (lactones) is 1. The van der Waals surface area contributed by atoms with E-state index in [4.69, 9.17) is 15.1 Å². The fraction of sp³-hybridized carbons (Fsp3) is 0.412. The average Bonchev–Trinajstić information content (AvgIpc) is 2.97. The van der Waals surface area contributed by atoms with Gasteiger partial charge in [-0.2, -0.15) is 5.26 Å². The van der Waals surface area contributed by atoms with Crippen molar-refractivity contribution in [2.45, 2.75) is 18.9 Å². The van der Waals surface area contributed by atoms with E-state index in [1.165, 1.54) is 10.5 Å². The molecule has 6 heteroatoms. The van der Waals surface area contributed by atoms with Crippen molar-refractivity contribution in [2.24, 2.45) is 0 Å². The van der Waals surface area contributed by atoms with E-state index in [1.54, 1.807) is 6.08 Å². The molecule has 0 radical (unpaired) electrons. The summed E-state index contributed by atoms with van der Waals surface area (Å²) in [6.07, 6.45) is 2.60. The molecule has 3 rings (SSSR count). The van der Waals surface area contributed by atoms with Crippen molar-refractivity contribution in [3.05, 3.63) is 35.9 Å². The Hall–Kier alpha value is -2.52. The lowest BCUT2D eigenvalue weighted by atomic mass is 10.0. The van der Waals surface area contributed by atoms with Crippen molar-refractivity contribution in [3.8, 4) is 6.07 Å². The Balaban J connectivity index is 1.65. The quantitative estimate of drug-likeness (QED) is 0.864. The molecule has 1 aromatic rings. The summed E-state index contributed by atoms with van der Waals surface area (Å²) in [4.78, 5) is 15.6. The molecule has 6 nitrogen and oxygen atoms in total. The number of rotatable bonds is 3. The van der Waals surface area contributed by atoms with Crippen molar-refractivity contribution < 1.29 is 14.6 Å². The van der Waals surface area contributed by atoms with Crippen LogP contribution in [0.25, 0.3) is 0 Å². The van der Waals surface area contributed by atoms with E-state index in [2.05, 4.69) is 11.0 Å². The minimum atomic E-state index is -0.449. The highest BCUT2D eigenvalue weighted by atomic mass is 16.6. The maximum atomic E-state index is 11.8. The third-order valence-electron chi connectivity index (χ3n) is 4.28. The van der Waals surface area contributed by atoms with Crippen LogP contribution in [0.1, 0.15) is 12.8 Å².